The number of hydrogen-bond donors (Lipinski definition) is 3. The molecule has 1 fully saturated rings. The van der Waals surface area contributed by atoms with Crippen LogP contribution < -0.4 is 20.1 Å². The first-order chi connectivity index (χ1) is 32.9. The number of likely N-dealkylation sites (N-methyl/N-ethyl adjacent to an activating group) is 1. The van der Waals surface area contributed by atoms with Gasteiger partial charge in [0.05, 0.1) is 49.0 Å². The normalized spacial score (nSPS) is 16.2. The Bertz CT molecular complexity index is 2600. The number of likely N-dealkylation sites (tertiary alicyclic amines) is 1. The monoisotopic (exact) mass is 988 g/mol. The number of benzene rings is 3. The van der Waals surface area contributed by atoms with Crippen LogP contribution in [-0.2, 0) is 56.9 Å². The number of carboxylic acids is 1. The molecule has 6 rings (SSSR count). The van der Waals surface area contributed by atoms with Crippen LogP contribution in [0.2, 0.25) is 10.0 Å². The van der Waals surface area contributed by atoms with Crippen LogP contribution in [0, 0.1) is 16.9 Å². The highest BCUT2D eigenvalue weighted by Gasteiger charge is 2.45. The van der Waals surface area contributed by atoms with Gasteiger partial charge in [-0.3, -0.25) is 19.2 Å². The van der Waals surface area contributed by atoms with Gasteiger partial charge in [-0.05, 0) is 94.4 Å². The van der Waals surface area contributed by atoms with E-state index in [2.05, 4.69) is 15.6 Å². The van der Waals surface area contributed by atoms with Crippen LogP contribution in [-0.4, -0.2) is 119 Å². The molecule has 0 spiro atoms. The number of nitrogens with zero attached hydrogens (tertiary/aromatic N) is 6. The van der Waals surface area contributed by atoms with E-state index >= 15 is 4.39 Å². The van der Waals surface area contributed by atoms with Crippen LogP contribution >= 0.6 is 23.2 Å². The van der Waals surface area contributed by atoms with E-state index in [0.717, 1.165) is 28.7 Å². The maximum atomic E-state index is 15.6. The van der Waals surface area contributed by atoms with Crippen LogP contribution in [0.15, 0.2) is 91.3 Å². The largest absolute Gasteiger partial charge is 0.619 e. The Labute approximate surface area is 411 Å². The zero-order valence-electron chi connectivity index (χ0n) is 39.6. The number of methoxy groups -OCH3 is 1. The third kappa shape index (κ3) is 13.4. The van der Waals surface area contributed by atoms with Gasteiger partial charge in [-0.2, -0.15) is 4.73 Å². The fraction of sp³-hybridized carbons (Fsp3) is 0.400. The zero-order valence-corrected chi connectivity index (χ0v) is 41.1. The standard InChI is InChI=1S/C50H59Cl2FN8O8/c1-32(54-27-40-41(53)24-37(52)25-44(40)69-39-17-13-34(14-18-39)43-28-55-45(58(43)4)29-57(2)3)47(64)56-42(30-68-6)49(66)59(5)50(26-33-11-15-36(51)16-12-33)19-9-20-60(31-50)48(65)35(23-46(62)63)22-38-10-7-8-21-61(38)67/h7-8,10-18,21,24-25,28,32,35,42,54H,9,19-20,22-23,26-27,29-31H2,1-6H3,(H,56,64)(H,62,63)/t32?,35?,42?,50-/m1/s1. The van der Waals surface area contributed by atoms with E-state index in [9.17, 15) is 29.5 Å². The summed E-state index contributed by atoms with van der Waals surface area (Å²) < 4.78 is 29.9. The van der Waals surface area contributed by atoms with Crippen molar-refractivity contribution in [1.29, 1.82) is 0 Å². The molecule has 4 atom stereocenters. The molecule has 0 aliphatic carbocycles. The minimum absolute atomic E-state index is 0.0358. The summed E-state index contributed by atoms with van der Waals surface area (Å²) in [5.74, 6) is -2.94. The lowest BCUT2D eigenvalue weighted by molar-refractivity contribution is -0.614. The maximum absolute atomic E-state index is 15.6. The number of rotatable bonds is 21. The van der Waals surface area contributed by atoms with Gasteiger partial charge in [0.1, 0.15) is 29.2 Å². The molecule has 0 radical (unpaired) electrons. The minimum atomic E-state index is -1.19. The second-order valence-electron chi connectivity index (χ2n) is 17.8. The van der Waals surface area contributed by atoms with Crippen molar-refractivity contribution in [3.05, 3.63) is 135 Å². The van der Waals surface area contributed by atoms with Crippen molar-refractivity contribution in [2.75, 3.05) is 47.9 Å². The molecule has 69 heavy (non-hydrogen) atoms. The van der Waals surface area contributed by atoms with Crippen LogP contribution in [0.4, 0.5) is 4.39 Å². The number of carbonyl (C=O) groups is 4. The lowest BCUT2D eigenvalue weighted by Crippen LogP contribution is -2.65. The molecule has 3 amide bonds. The Balaban J connectivity index is 1.17. The number of hydrogen-bond acceptors (Lipinski definition) is 10. The number of carbonyl (C=O) groups excluding carboxylic acids is 3. The first-order valence-corrected chi connectivity index (χ1v) is 23.3. The molecule has 1 saturated heterocycles. The molecule has 3 aromatic carbocycles. The van der Waals surface area contributed by atoms with Crippen molar-refractivity contribution in [2.24, 2.45) is 13.0 Å². The summed E-state index contributed by atoms with van der Waals surface area (Å²) in [5, 5.41) is 28.9. The number of halogens is 3. The van der Waals surface area contributed by atoms with Gasteiger partial charge >= 0.3 is 5.97 Å². The number of imidazole rings is 1. The van der Waals surface area contributed by atoms with Gasteiger partial charge in [0, 0.05) is 80.6 Å². The highest BCUT2D eigenvalue weighted by atomic mass is 35.5. The van der Waals surface area contributed by atoms with Gasteiger partial charge in [0.2, 0.25) is 17.7 Å². The van der Waals surface area contributed by atoms with Crippen molar-refractivity contribution in [2.45, 2.75) is 69.7 Å². The zero-order chi connectivity index (χ0) is 50.0. The summed E-state index contributed by atoms with van der Waals surface area (Å²) in [6, 6.07) is 19.7. The second kappa shape index (κ2) is 23.5. The topological polar surface area (TPSA) is 186 Å². The summed E-state index contributed by atoms with van der Waals surface area (Å²) in [7, 11) is 8.92. The number of nitrogens with one attached hydrogen (secondary N) is 2. The quantitative estimate of drug-likeness (QED) is 0.0577. The van der Waals surface area contributed by atoms with Gasteiger partial charge in [0.15, 0.2) is 11.9 Å². The average Bonchev–Trinajstić information content (AvgIpc) is 3.67. The average molecular weight is 990 g/mol. The lowest BCUT2D eigenvalue weighted by atomic mass is 9.80. The van der Waals surface area contributed by atoms with E-state index in [0.29, 0.717) is 41.4 Å². The van der Waals surface area contributed by atoms with Gasteiger partial charge in [-0.1, -0.05) is 41.4 Å². The van der Waals surface area contributed by atoms with E-state index in [-0.39, 0.29) is 54.6 Å². The van der Waals surface area contributed by atoms with Crippen molar-refractivity contribution >= 4 is 46.9 Å². The summed E-state index contributed by atoms with van der Waals surface area (Å²) in [6.07, 6.45) is 3.71. The predicted molar refractivity (Wildman–Crippen MR) is 259 cm³/mol. The van der Waals surface area contributed by atoms with Crippen LogP contribution in [0.1, 0.15) is 48.8 Å². The van der Waals surface area contributed by atoms with Crippen LogP contribution in [0.5, 0.6) is 11.5 Å². The minimum Gasteiger partial charge on any atom is -0.619 e. The molecule has 3 heterocycles. The SMILES string of the molecule is COCC(NC(=O)C(C)NCc1c(F)cc(Cl)cc1Oc1ccc(-c2cnc(CN(C)C)n2C)cc1)C(=O)N(C)[C@@]1(Cc2ccc(Cl)cc2)CCCN(C(=O)C(CC(=O)O)Cc2cccc[n+]2[O-])C1. The van der Waals surface area contributed by atoms with E-state index in [1.54, 1.807) is 61.3 Å². The number of pyridine rings is 1. The number of ether oxygens (including phenoxy) is 2. The molecule has 1 aliphatic rings. The number of piperidine rings is 1. The maximum Gasteiger partial charge on any atom is 0.304 e. The summed E-state index contributed by atoms with van der Waals surface area (Å²) in [4.78, 5) is 64.6. The highest BCUT2D eigenvalue weighted by Crippen LogP contribution is 2.35. The van der Waals surface area contributed by atoms with Crippen molar-refractivity contribution in [1.82, 2.24) is 34.9 Å². The third-order valence-corrected chi connectivity index (χ3v) is 12.9. The first kappa shape index (κ1) is 52.3. The fourth-order valence-corrected chi connectivity index (χ4v) is 8.99. The molecule has 0 saturated carbocycles. The lowest BCUT2D eigenvalue weighted by Gasteiger charge is -2.49. The number of amides is 3. The van der Waals surface area contributed by atoms with Crippen molar-refractivity contribution in [3.8, 4) is 22.8 Å². The fourth-order valence-electron chi connectivity index (χ4n) is 8.67. The van der Waals surface area contributed by atoms with Gasteiger partial charge < -0.3 is 49.7 Å². The highest BCUT2D eigenvalue weighted by molar-refractivity contribution is 6.31. The molecular weight excluding hydrogens is 931 g/mol. The molecule has 368 valence electrons. The van der Waals surface area contributed by atoms with Gasteiger partial charge in [-0.15, -0.1) is 0 Å². The summed E-state index contributed by atoms with van der Waals surface area (Å²) in [5.41, 5.74) is 1.99. The Morgan fingerprint density at radius 1 is 1.03 bits per heavy atom. The van der Waals surface area contributed by atoms with Crippen molar-refractivity contribution < 1.29 is 42.9 Å². The molecule has 1 aliphatic heterocycles. The Kier molecular flexibility index (Phi) is 17.8. The van der Waals surface area contributed by atoms with Crippen LogP contribution in [0.3, 0.4) is 0 Å². The van der Waals surface area contributed by atoms with E-state index in [1.807, 2.05) is 61.1 Å². The molecule has 19 heteroatoms. The van der Waals surface area contributed by atoms with E-state index < -0.39 is 59.5 Å². The Morgan fingerprint density at radius 3 is 2.42 bits per heavy atom. The van der Waals surface area contributed by atoms with Gasteiger partial charge in [0.25, 0.3) is 0 Å². The summed E-state index contributed by atoms with van der Waals surface area (Å²) >= 11 is 12.5. The van der Waals surface area contributed by atoms with Crippen molar-refractivity contribution in [3.63, 3.8) is 0 Å². The number of aliphatic carboxylic acids is 1. The number of aromatic nitrogens is 3. The predicted octanol–water partition coefficient (Wildman–Crippen LogP) is 6.03. The molecule has 5 aromatic rings. The number of carboxylic acid groups (broad SMARTS) is 1. The molecule has 2 aromatic heterocycles. The van der Waals surface area contributed by atoms with Crippen LogP contribution in [0.25, 0.3) is 11.3 Å². The van der Waals surface area contributed by atoms with E-state index in [1.165, 1.54) is 24.3 Å². The Hall–Kier alpha value is -6.11. The molecular formula is C50H59Cl2FN8O8. The molecule has 3 unspecified atom stereocenters. The molecule has 3 N–H and O–H groups in total. The first-order valence-electron chi connectivity index (χ1n) is 22.5. The Morgan fingerprint density at radius 2 is 1.75 bits per heavy atom. The molecule has 0 bridgehead atoms. The second-order valence-corrected chi connectivity index (χ2v) is 18.6. The smallest absolute Gasteiger partial charge is 0.304 e. The van der Waals surface area contributed by atoms with E-state index in [4.69, 9.17) is 32.7 Å². The van der Waals surface area contributed by atoms with Gasteiger partial charge in [-0.25, -0.2) is 9.37 Å². The third-order valence-electron chi connectivity index (χ3n) is 12.5. The molecule has 16 nitrogen and oxygen atoms in total. The summed E-state index contributed by atoms with van der Waals surface area (Å²) in [6.45, 7) is 2.24.